The van der Waals surface area contributed by atoms with Gasteiger partial charge in [0.1, 0.15) is 11.6 Å². The van der Waals surface area contributed by atoms with Crippen LogP contribution in [-0.2, 0) is 17.6 Å². The second-order valence-electron chi connectivity index (χ2n) is 9.64. The van der Waals surface area contributed by atoms with Crippen LogP contribution in [0.1, 0.15) is 65.2 Å². The van der Waals surface area contributed by atoms with E-state index in [4.69, 9.17) is 10.1 Å². The number of amides is 1. The number of nitrogens with one attached hydrogen (secondary N) is 1. The number of carbonyl (C=O) groups excluding carboxylic acids is 1. The summed E-state index contributed by atoms with van der Waals surface area (Å²) in [4.78, 5) is 33.3. The normalized spacial score (nSPS) is 14.7. The monoisotopic (exact) mass is 515 g/mol. The molecule has 0 spiro atoms. The van der Waals surface area contributed by atoms with Crippen molar-refractivity contribution in [3.8, 4) is 11.3 Å². The molecule has 1 aliphatic rings. The first-order valence-corrected chi connectivity index (χ1v) is 12.7. The number of pyridine rings is 2. The van der Waals surface area contributed by atoms with E-state index in [0.717, 1.165) is 41.5 Å². The molecule has 0 unspecified atom stereocenters. The third-order valence-electron chi connectivity index (χ3n) is 6.94. The van der Waals surface area contributed by atoms with Gasteiger partial charge in [0.15, 0.2) is 5.65 Å². The van der Waals surface area contributed by atoms with Crippen molar-refractivity contribution >= 4 is 22.9 Å². The van der Waals surface area contributed by atoms with Crippen molar-refractivity contribution in [1.29, 1.82) is 0 Å². The van der Waals surface area contributed by atoms with E-state index in [2.05, 4.69) is 10.3 Å². The van der Waals surface area contributed by atoms with Crippen molar-refractivity contribution in [3.63, 3.8) is 0 Å². The fourth-order valence-corrected chi connectivity index (χ4v) is 5.03. The van der Waals surface area contributed by atoms with Gasteiger partial charge in [0.25, 0.3) is 5.91 Å². The fourth-order valence-electron chi connectivity index (χ4n) is 5.03. The summed E-state index contributed by atoms with van der Waals surface area (Å²) < 4.78 is 27.4. The molecule has 2 aromatic heterocycles. The maximum absolute atomic E-state index is 13.9. The Balaban J connectivity index is 1.43. The number of hydrogen-bond donors (Lipinski definition) is 2. The van der Waals surface area contributed by atoms with E-state index < -0.39 is 5.97 Å². The van der Waals surface area contributed by atoms with Gasteiger partial charge in [-0.1, -0.05) is 6.07 Å². The molecule has 0 saturated carbocycles. The van der Waals surface area contributed by atoms with Gasteiger partial charge in [-0.15, -0.1) is 0 Å². The van der Waals surface area contributed by atoms with E-state index in [1.165, 1.54) is 30.5 Å². The Hall–Kier alpha value is -4.20. The zero-order valence-electron chi connectivity index (χ0n) is 20.7. The van der Waals surface area contributed by atoms with E-state index in [1.807, 2.05) is 6.07 Å². The van der Waals surface area contributed by atoms with Crippen LogP contribution >= 0.6 is 0 Å². The van der Waals surface area contributed by atoms with E-state index in [1.54, 1.807) is 24.3 Å². The minimum Gasteiger partial charge on any atom is -0.481 e. The highest BCUT2D eigenvalue weighted by atomic mass is 19.1. The van der Waals surface area contributed by atoms with Crippen molar-refractivity contribution in [3.05, 3.63) is 94.7 Å². The Morgan fingerprint density at radius 1 is 1.00 bits per heavy atom. The maximum Gasteiger partial charge on any atom is 0.303 e. The number of fused-ring (bicyclic) bond motifs is 2. The number of aromatic nitrogens is 2. The van der Waals surface area contributed by atoms with Crippen LogP contribution in [0.2, 0.25) is 0 Å². The van der Waals surface area contributed by atoms with Crippen LogP contribution in [-0.4, -0.2) is 27.0 Å². The van der Waals surface area contributed by atoms with Gasteiger partial charge in [-0.2, -0.15) is 0 Å². The topological polar surface area (TPSA) is 92.2 Å². The molecule has 4 aromatic rings. The number of hydrogen-bond acceptors (Lipinski definition) is 4. The molecule has 1 amide bonds. The van der Waals surface area contributed by atoms with Gasteiger partial charge < -0.3 is 10.4 Å². The smallest absolute Gasteiger partial charge is 0.303 e. The number of aryl methyl sites for hydroxylation is 2. The molecule has 5 rings (SSSR count). The summed E-state index contributed by atoms with van der Waals surface area (Å²) in [5.41, 5.74) is 4.92. The molecule has 6 nitrogen and oxygen atoms in total. The van der Waals surface area contributed by atoms with Crippen LogP contribution in [0.5, 0.6) is 0 Å². The molecule has 0 bridgehead atoms. The van der Waals surface area contributed by atoms with E-state index in [9.17, 15) is 18.4 Å². The molecule has 2 N–H and O–H groups in total. The van der Waals surface area contributed by atoms with Crippen molar-refractivity contribution in [2.45, 2.75) is 51.0 Å². The first-order valence-electron chi connectivity index (χ1n) is 12.7. The largest absolute Gasteiger partial charge is 0.481 e. The number of carbonyl (C=O) groups is 2. The summed E-state index contributed by atoms with van der Waals surface area (Å²) in [5, 5.41) is 12.7. The molecule has 2 heterocycles. The van der Waals surface area contributed by atoms with Crippen LogP contribution in [0.25, 0.3) is 22.3 Å². The molecule has 0 radical (unpaired) electrons. The zero-order chi connectivity index (χ0) is 26.6. The van der Waals surface area contributed by atoms with Crippen LogP contribution in [0, 0.1) is 11.6 Å². The summed E-state index contributed by atoms with van der Waals surface area (Å²) in [5.74, 6) is -1.82. The van der Waals surface area contributed by atoms with Gasteiger partial charge in [-0.3, -0.25) is 9.59 Å². The van der Waals surface area contributed by atoms with Gasteiger partial charge >= 0.3 is 5.97 Å². The van der Waals surface area contributed by atoms with Crippen molar-refractivity contribution in [2.75, 3.05) is 0 Å². The van der Waals surface area contributed by atoms with Crippen LogP contribution < -0.4 is 5.32 Å². The highest BCUT2D eigenvalue weighted by molar-refractivity contribution is 5.97. The minimum atomic E-state index is -0.844. The van der Waals surface area contributed by atoms with Gasteiger partial charge in [0.2, 0.25) is 0 Å². The zero-order valence-corrected chi connectivity index (χ0v) is 20.7. The van der Waals surface area contributed by atoms with Gasteiger partial charge in [-0.05, 0) is 104 Å². The highest BCUT2D eigenvalue weighted by Gasteiger charge is 2.23. The third-order valence-corrected chi connectivity index (χ3v) is 6.94. The first kappa shape index (κ1) is 25.4. The third kappa shape index (κ3) is 5.69. The lowest BCUT2D eigenvalue weighted by molar-refractivity contribution is -0.137. The van der Waals surface area contributed by atoms with Crippen molar-refractivity contribution < 1.29 is 23.5 Å². The molecule has 38 heavy (non-hydrogen) atoms. The molecule has 2 aromatic carbocycles. The summed E-state index contributed by atoms with van der Waals surface area (Å²) in [6.07, 6.45) is 5.76. The number of unbranched alkanes of at least 4 members (excludes halogenated alkanes) is 1. The molecule has 8 heteroatoms. The van der Waals surface area contributed by atoms with Crippen LogP contribution in [0.3, 0.4) is 0 Å². The molecular formula is C30H27F2N3O3. The molecule has 0 saturated heterocycles. The number of halogens is 2. The summed E-state index contributed by atoms with van der Waals surface area (Å²) in [7, 11) is 0. The van der Waals surface area contributed by atoms with Crippen molar-refractivity contribution in [1.82, 2.24) is 15.3 Å². The summed E-state index contributed by atoms with van der Waals surface area (Å²) in [6, 6.07) is 14.1. The Labute approximate surface area is 218 Å². The second-order valence-corrected chi connectivity index (χ2v) is 9.64. The lowest BCUT2D eigenvalue weighted by atomic mass is 9.87. The SMILES string of the molecule is O=C(O)CCCCc1cc2cc(C(=O)N[C@@H]3CCCc4ccc(F)cc43)cnc2nc1-c1ccc(F)cc1. The van der Waals surface area contributed by atoms with Gasteiger partial charge in [-0.25, -0.2) is 18.7 Å². The predicted molar refractivity (Wildman–Crippen MR) is 140 cm³/mol. The molecule has 1 aliphatic carbocycles. The van der Waals surface area contributed by atoms with E-state index in [0.29, 0.717) is 41.6 Å². The highest BCUT2D eigenvalue weighted by Crippen LogP contribution is 2.31. The summed E-state index contributed by atoms with van der Waals surface area (Å²) >= 11 is 0. The quantitative estimate of drug-likeness (QED) is 0.274. The van der Waals surface area contributed by atoms with E-state index in [-0.39, 0.29) is 30.0 Å². The molecule has 0 aliphatic heterocycles. The summed E-state index contributed by atoms with van der Waals surface area (Å²) in [6.45, 7) is 0. The number of carboxylic acids is 1. The number of benzene rings is 2. The van der Waals surface area contributed by atoms with Gasteiger partial charge in [0.05, 0.1) is 17.3 Å². The molecule has 1 atom stereocenters. The van der Waals surface area contributed by atoms with Crippen LogP contribution in [0.4, 0.5) is 8.78 Å². The number of rotatable bonds is 8. The standard InChI is InChI=1S/C30H27F2N3O3/c31-23-11-9-19(10-12-23)28-20(4-1-2-7-27(36)37)14-21-15-22(17-33-29(21)35-28)30(38)34-26-6-3-5-18-8-13-24(32)16-25(18)26/h8-17,26H,1-7H2,(H,34,38)(H,36,37)/t26-/m1/s1. The number of nitrogens with zero attached hydrogens (tertiary/aromatic N) is 2. The molecule has 0 fully saturated rings. The lowest BCUT2D eigenvalue weighted by Crippen LogP contribution is -2.31. The first-order chi connectivity index (χ1) is 18.4. The Morgan fingerprint density at radius 2 is 1.79 bits per heavy atom. The Bertz CT molecular complexity index is 1510. The minimum absolute atomic E-state index is 0.0764. The molecule has 194 valence electrons. The average molecular weight is 516 g/mol. The molecular weight excluding hydrogens is 488 g/mol. The average Bonchev–Trinajstić information content (AvgIpc) is 2.91. The number of carboxylic acid groups (broad SMARTS) is 1. The predicted octanol–water partition coefficient (Wildman–Crippen LogP) is 6.18. The van der Waals surface area contributed by atoms with Crippen LogP contribution in [0.15, 0.2) is 60.8 Å². The number of aliphatic carboxylic acids is 1. The lowest BCUT2D eigenvalue weighted by Gasteiger charge is -2.26. The van der Waals surface area contributed by atoms with Crippen molar-refractivity contribution in [2.24, 2.45) is 0 Å². The fraction of sp³-hybridized carbons (Fsp3) is 0.267. The van der Waals surface area contributed by atoms with E-state index >= 15 is 0 Å². The maximum atomic E-state index is 13.9. The van der Waals surface area contributed by atoms with Gasteiger partial charge in [0, 0.05) is 23.6 Å². The second kappa shape index (κ2) is 11.0. The Kier molecular flexibility index (Phi) is 7.40. The Morgan fingerprint density at radius 3 is 2.58 bits per heavy atom.